The van der Waals surface area contributed by atoms with E-state index < -0.39 is 11.9 Å². The Balaban J connectivity index is 0.783. The van der Waals surface area contributed by atoms with Crippen molar-refractivity contribution >= 4 is 64.3 Å². The minimum Gasteiger partial charge on any atom is -0.495 e. The first kappa shape index (κ1) is 43.9. The van der Waals surface area contributed by atoms with Crippen molar-refractivity contribution in [2.45, 2.75) is 95.8 Å². The summed E-state index contributed by atoms with van der Waals surface area (Å²) in [4.78, 5) is 90.8. The zero-order valence-electron chi connectivity index (χ0n) is 35.6. The van der Waals surface area contributed by atoms with Crippen molar-refractivity contribution in [3.63, 3.8) is 0 Å². The maximum Gasteiger partial charge on any atom is 0.255 e. The number of unbranched alkanes of at least 4 members (excludes halogenated alkanes) is 1. The molecule has 4 heterocycles. The molecule has 1 aliphatic carbocycles. The summed E-state index contributed by atoms with van der Waals surface area (Å²) in [5, 5.41) is 14.7. The second-order valence-corrected chi connectivity index (χ2v) is 16.0. The standard InChI is InChI=1S/C44H56N10O8/c1-4-33-43(60)52(2)35-25-47-44(51-39(35)54(33)28-10-5-6-11-28)49-32-16-15-27(24-36(32)61-3)40(57)46-21-23-62-22-20-45-19-8-7-14-37(55)48-31-13-9-12-29-30(31)26-53(42(29)59)34-17-18-38(56)50-41(34)58/h9,12-13,15-16,24-25,28,33-34,45H,4-8,10-11,14,17-23,26H2,1-3H3,(H,46,57)(H,48,55)(H,47,49,51)(H,50,56,58)/t33-,34?/m1/s1. The van der Waals surface area contributed by atoms with Crippen molar-refractivity contribution in [1.29, 1.82) is 0 Å². The number of hydrogen-bond acceptors (Lipinski definition) is 13. The molecule has 1 aromatic heterocycles. The molecule has 1 unspecified atom stereocenters. The second-order valence-electron chi connectivity index (χ2n) is 16.0. The van der Waals surface area contributed by atoms with Gasteiger partial charge in [-0.05, 0) is 75.4 Å². The molecule has 6 amide bonds. The fraction of sp³-hybridized carbons (Fsp3) is 0.500. The van der Waals surface area contributed by atoms with Gasteiger partial charge in [0.05, 0.1) is 32.2 Å². The van der Waals surface area contributed by atoms with Gasteiger partial charge in [0.25, 0.3) is 11.8 Å². The molecular formula is C44H56N10O8. The summed E-state index contributed by atoms with van der Waals surface area (Å²) in [6.07, 6.45) is 8.86. The molecule has 4 aliphatic rings. The van der Waals surface area contributed by atoms with Gasteiger partial charge in [-0.25, -0.2) is 4.98 Å². The summed E-state index contributed by atoms with van der Waals surface area (Å²) in [5.74, 6) is 0.0807. The molecule has 0 bridgehead atoms. The number of carbonyl (C=O) groups excluding carboxylic acids is 6. The van der Waals surface area contributed by atoms with Crippen molar-refractivity contribution < 1.29 is 38.2 Å². The Labute approximate surface area is 360 Å². The van der Waals surface area contributed by atoms with E-state index in [1.54, 1.807) is 54.5 Å². The highest BCUT2D eigenvalue weighted by Crippen LogP contribution is 2.40. The van der Waals surface area contributed by atoms with Crippen LogP contribution in [0.3, 0.4) is 0 Å². The molecular weight excluding hydrogens is 797 g/mol. The maximum absolute atomic E-state index is 13.2. The van der Waals surface area contributed by atoms with Gasteiger partial charge < -0.3 is 45.4 Å². The third kappa shape index (κ3) is 9.81. The van der Waals surface area contributed by atoms with Gasteiger partial charge in [0.1, 0.15) is 23.5 Å². The van der Waals surface area contributed by atoms with Gasteiger partial charge in [-0.3, -0.25) is 34.1 Å². The summed E-state index contributed by atoms with van der Waals surface area (Å²) >= 11 is 0. The van der Waals surface area contributed by atoms with Gasteiger partial charge in [-0.15, -0.1) is 0 Å². The number of piperidine rings is 1. The molecule has 3 aliphatic heterocycles. The van der Waals surface area contributed by atoms with Crippen molar-refractivity contribution in [3.8, 4) is 5.75 Å². The molecule has 18 heteroatoms. The SMILES string of the molecule is CC[C@@H]1C(=O)N(C)c2cnc(Nc3ccc(C(=O)NCCOCCNCCCCC(=O)Nc4cccc5c4CN(C4CCC(=O)NC4=O)C5=O)cc3OC)nc2N1C1CCCC1. The molecule has 0 radical (unpaired) electrons. The van der Waals surface area contributed by atoms with E-state index in [-0.39, 0.29) is 61.0 Å². The van der Waals surface area contributed by atoms with Crippen LogP contribution in [0.15, 0.2) is 42.6 Å². The number of methoxy groups -OCH3 is 1. The lowest BCUT2D eigenvalue weighted by molar-refractivity contribution is -0.137. The molecule has 2 fully saturated rings. The lowest BCUT2D eigenvalue weighted by Crippen LogP contribution is -2.55. The number of rotatable bonds is 19. The van der Waals surface area contributed by atoms with Crippen LogP contribution in [0, 0.1) is 0 Å². The molecule has 62 heavy (non-hydrogen) atoms. The highest BCUT2D eigenvalue weighted by Gasteiger charge is 2.42. The molecule has 3 aromatic rings. The van der Waals surface area contributed by atoms with Gasteiger partial charge in [0, 0.05) is 67.9 Å². The Hall–Kier alpha value is -6.14. The normalized spacial score (nSPS) is 18.7. The molecule has 5 N–H and O–H groups in total. The third-order valence-corrected chi connectivity index (χ3v) is 11.9. The van der Waals surface area contributed by atoms with Gasteiger partial charge in [0.2, 0.25) is 29.6 Å². The van der Waals surface area contributed by atoms with Crippen LogP contribution in [-0.2, 0) is 30.5 Å². The van der Waals surface area contributed by atoms with Crippen molar-refractivity contribution in [1.82, 2.24) is 30.8 Å². The monoisotopic (exact) mass is 852 g/mol. The van der Waals surface area contributed by atoms with E-state index in [4.69, 9.17) is 14.5 Å². The number of amides is 6. The van der Waals surface area contributed by atoms with Gasteiger partial charge in [-0.1, -0.05) is 25.8 Å². The molecule has 2 atom stereocenters. The van der Waals surface area contributed by atoms with E-state index in [0.29, 0.717) is 97.6 Å². The third-order valence-electron chi connectivity index (χ3n) is 11.9. The maximum atomic E-state index is 13.2. The highest BCUT2D eigenvalue weighted by atomic mass is 16.5. The average Bonchev–Trinajstić information content (AvgIpc) is 3.92. The molecule has 18 nitrogen and oxygen atoms in total. The average molecular weight is 853 g/mol. The van der Waals surface area contributed by atoms with Crippen molar-refractivity contribution in [2.24, 2.45) is 0 Å². The van der Waals surface area contributed by atoms with Crippen LogP contribution < -0.4 is 41.1 Å². The summed E-state index contributed by atoms with van der Waals surface area (Å²) in [7, 11) is 3.31. The Morgan fingerprint density at radius 2 is 1.77 bits per heavy atom. The van der Waals surface area contributed by atoms with Crippen molar-refractivity contribution in [2.75, 3.05) is 67.4 Å². The molecule has 1 saturated heterocycles. The van der Waals surface area contributed by atoms with Crippen molar-refractivity contribution in [3.05, 3.63) is 59.3 Å². The van der Waals surface area contributed by atoms with Crippen LogP contribution in [0.5, 0.6) is 5.75 Å². The minimum absolute atomic E-state index is 0.0550. The zero-order chi connectivity index (χ0) is 43.8. The number of nitrogens with zero attached hydrogens (tertiary/aromatic N) is 5. The fourth-order valence-corrected chi connectivity index (χ4v) is 8.66. The number of benzene rings is 2. The first-order chi connectivity index (χ1) is 30.1. The van der Waals surface area contributed by atoms with E-state index in [1.165, 1.54) is 12.0 Å². The Bertz CT molecular complexity index is 2180. The van der Waals surface area contributed by atoms with Crippen LogP contribution in [0.4, 0.5) is 28.8 Å². The lowest BCUT2D eigenvalue weighted by atomic mass is 10.0. The number of likely N-dealkylation sites (N-methyl/N-ethyl adjacent to an activating group) is 1. The Kier molecular flexibility index (Phi) is 14.3. The first-order valence-corrected chi connectivity index (χ1v) is 21.6. The predicted octanol–water partition coefficient (Wildman–Crippen LogP) is 3.64. The van der Waals surface area contributed by atoms with Crippen LogP contribution in [0.2, 0.25) is 0 Å². The van der Waals surface area contributed by atoms with Crippen LogP contribution in [-0.4, -0.2) is 115 Å². The number of imide groups is 1. The second kappa shape index (κ2) is 20.2. The summed E-state index contributed by atoms with van der Waals surface area (Å²) in [5.41, 5.74) is 3.37. The predicted molar refractivity (Wildman–Crippen MR) is 232 cm³/mol. The summed E-state index contributed by atoms with van der Waals surface area (Å²) in [6.45, 7) is 4.63. The van der Waals surface area contributed by atoms with E-state index in [0.717, 1.165) is 37.9 Å². The number of aromatic nitrogens is 2. The van der Waals surface area contributed by atoms with Gasteiger partial charge in [-0.2, -0.15) is 4.98 Å². The number of fused-ring (bicyclic) bond motifs is 2. The smallest absolute Gasteiger partial charge is 0.255 e. The Morgan fingerprint density at radius 3 is 2.55 bits per heavy atom. The van der Waals surface area contributed by atoms with Gasteiger partial charge in [0.15, 0.2) is 5.82 Å². The topological polar surface area (TPSA) is 217 Å². The molecule has 0 spiro atoms. The summed E-state index contributed by atoms with van der Waals surface area (Å²) < 4.78 is 11.3. The van der Waals surface area contributed by atoms with E-state index >= 15 is 0 Å². The zero-order valence-corrected chi connectivity index (χ0v) is 35.6. The molecule has 1 saturated carbocycles. The van der Waals surface area contributed by atoms with E-state index in [2.05, 4.69) is 36.5 Å². The van der Waals surface area contributed by atoms with Gasteiger partial charge >= 0.3 is 0 Å². The lowest BCUT2D eigenvalue weighted by Gasteiger charge is -2.43. The van der Waals surface area contributed by atoms with Crippen LogP contribution in [0.25, 0.3) is 0 Å². The molecule has 7 rings (SSSR count). The number of carbonyl (C=O) groups is 6. The number of nitrogens with one attached hydrogen (secondary N) is 5. The highest BCUT2D eigenvalue weighted by molar-refractivity contribution is 6.07. The van der Waals surface area contributed by atoms with Crippen LogP contribution >= 0.6 is 0 Å². The first-order valence-electron chi connectivity index (χ1n) is 21.6. The Morgan fingerprint density at radius 1 is 0.968 bits per heavy atom. The van der Waals surface area contributed by atoms with Crippen LogP contribution in [0.1, 0.15) is 97.4 Å². The summed E-state index contributed by atoms with van der Waals surface area (Å²) in [6, 6.07) is 9.51. The number of hydrogen-bond donors (Lipinski definition) is 5. The minimum atomic E-state index is -0.718. The fourth-order valence-electron chi connectivity index (χ4n) is 8.66. The largest absolute Gasteiger partial charge is 0.495 e. The van der Waals surface area contributed by atoms with E-state index in [9.17, 15) is 28.8 Å². The van der Waals surface area contributed by atoms with E-state index in [1.807, 2.05) is 6.92 Å². The molecule has 2 aromatic carbocycles. The number of ether oxygens (including phenoxy) is 2. The quantitative estimate of drug-likeness (QED) is 0.0862. The molecule has 330 valence electrons. The number of anilines is 5.